The molecule has 0 aromatic heterocycles. The third-order valence-corrected chi connectivity index (χ3v) is 5.67. The summed E-state index contributed by atoms with van der Waals surface area (Å²) in [6, 6.07) is 14.3. The van der Waals surface area contributed by atoms with E-state index in [-0.39, 0.29) is 5.91 Å². The molecule has 2 heterocycles. The molecule has 2 aliphatic heterocycles. The number of amides is 1. The lowest BCUT2D eigenvalue weighted by atomic mass is 10.1. The Morgan fingerprint density at radius 2 is 1.77 bits per heavy atom. The molecule has 136 valence electrons. The van der Waals surface area contributed by atoms with Crippen LogP contribution in [-0.4, -0.2) is 50.1 Å². The maximum Gasteiger partial charge on any atom is 0.241 e. The Hall–Kier alpha value is -2.04. The van der Waals surface area contributed by atoms with Crippen molar-refractivity contribution >= 4 is 28.9 Å². The predicted octanol–water partition coefficient (Wildman–Crippen LogP) is 3.36. The SMILES string of the molecule is Cc1ccc(Cl)cc1N1CCN(CC(=O)N2CCc3ccccc32)CC1. The second-order valence-corrected chi connectivity index (χ2v) is 7.55. The number of halogens is 1. The molecule has 5 heteroatoms. The van der Waals surface area contributed by atoms with Crippen molar-refractivity contribution in [3.8, 4) is 0 Å². The number of para-hydroxylation sites is 1. The van der Waals surface area contributed by atoms with Crippen LogP contribution in [0.25, 0.3) is 0 Å². The van der Waals surface area contributed by atoms with E-state index < -0.39 is 0 Å². The highest BCUT2D eigenvalue weighted by Crippen LogP contribution is 2.28. The zero-order valence-electron chi connectivity index (χ0n) is 15.1. The standard InChI is InChI=1S/C21H24ClN3O/c1-16-6-7-18(22)14-20(16)24-12-10-23(11-13-24)15-21(26)25-9-8-17-4-2-3-5-19(17)25/h2-7,14H,8-13,15H2,1H3. The number of rotatable bonds is 3. The van der Waals surface area contributed by atoms with Gasteiger partial charge in [0, 0.05) is 49.1 Å². The number of aryl methyl sites for hydroxylation is 1. The van der Waals surface area contributed by atoms with E-state index in [0.29, 0.717) is 6.54 Å². The first kappa shape index (κ1) is 17.4. The molecular formula is C21H24ClN3O. The van der Waals surface area contributed by atoms with E-state index in [1.165, 1.54) is 16.8 Å². The average Bonchev–Trinajstić information content (AvgIpc) is 3.09. The number of fused-ring (bicyclic) bond motifs is 1. The summed E-state index contributed by atoms with van der Waals surface area (Å²) in [5.41, 5.74) is 4.82. The minimum Gasteiger partial charge on any atom is -0.369 e. The van der Waals surface area contributed by atoms with Gasteiger partial charge in [0.15, 0.2) is 0 Å². The first-order valence-corrected chi connectivity index (χ1v) is 9.61. The van der Waals surface area contributed by atoms with E-state index in [1.54, 1.807) is 0 Å². The molecule has 0 radical (unpaired) electrons. The molecule has 2 aromatic rings. The Balaban J connectivity index is 1.36. The van der Waals surface area contributed by atoms with E-state index in [2.05, 4.69) is 34.9 Å². The van der Waals surface area contributed by atoms with Crippen LogP contribution in [0.2, 0.25) is 5.02 Å². The highest BCUT2D eigenvalue weighted by molar-refractivity contribution is 6.30. The lowest BCUT2D eigenvalue weighted by Crippen LogP contribution is -2.50. The number of carbonyl (C=O) groups is 1. The second kappa shape index (κ2) is 7.29. The molecule has 0 bridgehead atoms. The molecule has 26 heavy (non-hydrogen) atoms. The van der Waals surface area contributed by atoms with Crippen LogP contribution in [0.5, 0.6) is 0 Å². The van der Waals surface area contributed by atoms with Crippen molar-refractivity contribution in [3.63, 3.8) is 0 Å². The van der Waals surface area contributed by atoms with Gasteiger partial charge in [-0.3, -0.25) is 9.69 Å². The topological polar surface area (TPSA) is 26.8 Å². The van der Waals surface area contributed by atoms with Crippen molar-refractivity contribution in [2.24, 2.45) is 0 Å². The van der Waals surface area contributed by atoms with E-state index >= 15 is 0 Å². The zero-order chi connectivity index (χ0) is 18.1. The first-order valence-electron chi connectivity index (χ1n) is 9.23. The molecule has 0 atom stereocenters. The lowest BCUT2D eigenvalue weighted by molar-refractivity contribution is -0.119. The lowest BCUT2D eigenvalue weighted by Gasteiger charge is -2.37. The highest BCUT2D eigenvalue weighted by atomic mass is 35.5. The second-order valence-electron chi connectivity index (χ2n) is 7.12. The van der Waals surface area contributed by atoms with Crippen molar-refractivity contribution in [1.29, 1.82) is 0 Å². The number of hydrogen-bond donors (Lipinski definition) is 0. The number of benzene rings is 2. The summed E-state index contributed by atoms with van der Waals surface area (Å²) in [6.07, 6.45) is 0.962. The summed E-state index contributed by atoms with van der Waals surface area (Å²) >= 11 is 6.16. The molecule has 1 saturated heterocycles. The van der Waals surface area contributed by atoms with Crippen molar-refractivity contribution in [2.75, 3.05) is 49.1 Å². The summed E-state index contributed by atoms with van der Waals surface area (Å²) in [5.74, 6) is 0.210. The maximum atomic E-state index is 12.8. The van der Waals surface area contributed by atoms with Gasteiger partial charge in [0.1, 0.15) is 0 Å². The number of carbonyl (C=O) groups excluding carboxylic acids is 1. The molecule has 1 amide bonds. The summed E-state index contributed by atoms with van der Waals surface area (Å²) < 4.78 is 0. The van der Waals surface area contributed by atoms with Gasteiger partial charge in [0.25, 0.3) is 0 Å². The van der Waals surface area contributed by atoms with Gasteiger partial charge in [-0.25, -0.2) is 0 Å². The molecule has 0 unspecified atom stereocenters. The fourth-order valence-corrected chi connectivity index (χ4v) is 4.11. The smallest absolute Gasteiger partial charge is 0.241 e. The third-order valence-electron chi connectivity index (χ3n) is 5.43. The van der Waals surface area contributed by atoms with Gasteiger partial charge >= 0.3 is 0 Å². The molecule has 2 aromatic carbocycles. The van der Waals surface area contributed by atoms with Gasteiger partial charge in [0.2, 0.25) is 5.91 Å². The van der Waals surface area contributed by atoms with Crippen molar-refractivity contribution < 1.29 is 4.79 Å². The van der Waals surface area contributed by atoms with E-state index in [1.807, 2.05) is 29.2 Å². The molecule has 1 fully saturated rings. The summed E-state index contributed by atoms with van der Waals surface area (Å²) in [6.45, 7) is 7.05. The Bertz CT molecular complexity index is 815. The molecule has 2 aliphatic rings. The van der Waals surface area contributed by atoms with Gasteiger partial charge < -0.3 is 9.80 Å². The van der Waals surface area contributed by atoms with E-state index in [9.17, 15) is 4.79 Å². The van der Waals surface area contributed by atoms with Crippen LogP contribution in [-0.2, 0) is 11.2 Å². The summed E-state index contributed by atoms with van der Waals surface area (Å²) in [5, 5.41) is 0.774. The summed E-state index contributed by atoms with van der Waals surface area (Å²) in [7, 11) is 0. The van der Waals surface area contributed by atoms with Crippen molar-refractivity contribution in [3.05, 3.63) is 58.6 Å². The fourth-order valence-electron chi connectivity index (χ4n) is 3.94. The molecular weight excluding hydrogens is 346 g/mol. The quantitative estimate of drug-likeness (QED) is 0.830. The molecule has 0 spiro atoms. The zero-order valence-corrected chi connectivity index (χ0v) is 15.9. The minimum atomic E-state index is 0.210. The van der Waals surface area contributed by atoms with Gasteiger partial charge in [-0.1, -0.05) is 35.9 Å². The van der Waals surface area contributed by atoms with Crippen LogP contribution in [0.1, 0.15) is 11.1 Å². The minimum absolute atomic E-state index is 0.210. The monoisotopic (exact) mass is 369 g/mol. The Morgan fingerprint density at radius 3 is 2.58 bits per heavy atom. The van der Waals surface area contributed by atoms with Crippen molar-refractivity contribution in [2.45, 2.75) is 13.3 Å². The Labute approximate surface area is 160 Å². The van der Waals surface area contributed by atoms with Crippen LogP contribution in [0.3, 0.4) is 0 Å². The van der Waals surface area contributed by atoms with E-state index in [0.717, 1.165) is 49.9 Å². The third kappa shape index (κ3) is 3.44. The van der Waals surface area contributed by atoms with Gasteiger partial charge in [-0.05, 0) is 42.7 Å². The highest BCUT2D eigenvalue weighted by Gasteiger charge is 2.27. The van der Waals surface area contributed by atoms with E-state index in [4.69, 9.17) is 11.6 Å². The average molecular weight is 370 g/mol. The first-order chi connectivity index (χ1) is 12.6. The summed E-state index contributed by atoms with van der Waals surface area (Å²) in [4.78, 5) is 19.4. The van der Waals surface area contributed by atoms with Crippen LogP contribution in [0, 0.1) is 6.92 Å². The Morgan fingerprint density at radius 1 is 1.00 bits per heavy atom. The largest absolute Gasteiger partial charge is 0.369 e. The predicted molar refractivity (Wildman–Crippen MR) is 107 cm³/mol. The Kier molecular flexibility index (Phi) is 4.88. The molecule has 0 N–H and O–H groups in total. The fraction of sp³-hybridized carbons (Fsp3) is 0.381. The van der Waals surface area contributed by atoms with Crippen molar-refractivity contribution in [1.82, 2.24) is 4.90 Å². The number of anilines is 2. The molecule has 0 aliphatic carbocycles. The van der Waals surface area contributed by atoms with Crippen LogP contribution in [0.4, 0.5) is 11.4 Å². The van der Waals surface area contributed by atoms with Gasteiger partial charge in [-0.2, -0.15) is 0 Å². The number of piperazine rings is 1. The molecule has 0 saturated carbocycles. The molecule has 4 rings (SSSR count). The van der Waals surface area contributed by atoms with Crippen LogP contribution >= 0.6 is 11.6 Å². The van der Waals surface area contributed by atoms with Gasteiger partial charge in [0.05, 0.1) is 6.54 Å². The van der Waals surface area contributed by atoms with Gasteiger partial charge in [-0.15, -0.1) is 0 Å². The molecule has 4 nitrogen and oxygen atoms in total. The van der Waals surface area contributed by atoms with Crippen LogP contribution in [0.15, 0.2) is 42.5 Å². The normalized spacial score (nSPS) is 17.5. The van der Waals surface area contributed by atoms with Crippen LogP contribution < -0.4 is 9.80 Å². The maximum absolute atomic E-state index is 12.8. The number of hydrogen-bond acceptors (Lipinski definition) is 3. The number of nitrogens with zero attached hydrogens (tertiary/aromatic N) is 3.